The Morgan fingerprint density at radius 1 is 1.10 bits per heavy atom. The Morgan fingerprint density at radius 2 is 1.85 bits per heavy atom. The number of anilines is 1. The fraction of sp³-hybridized carbons (Fsp3) is 0.467. The highest BCUT2D eigenvalue weighted by molar-refractivity contribution is 6.05. The fourth-order valence-electron chi connectivity index (χ4n) is 2.30. The maximum atomic E-state index is 11.7. The number of hydrogen-bond acceptors (Lipinski definition) is 3. The molecule has 0 unspecified atom stereocenters. The van der Waals surface area contributed by atoms with Gasteiger partial charge < -0.3 is 5.73 Å². The third-order valence-corrected chi connectivity index (χ3v) is 3.47. The van der Waals surface area contributed by atoms with Gasteiger partial charge in [0, 0.05) is 18.7 Å². The number of carbonyl (C=O) groups is 2. The van der Waals surface area contributed by atoms with Crippen LogP contribution in [-0.2, 0) is 11.2 Å². The summed E-state index contributed by atoms with van der Waals surface area (Å²) in [7, 11) is 0. The predicted molar refractivity (Wildman–Crippen MR) is 78.6 cm³/mol. The molecule has 1 heterocycles. The van der Waals surface area contributed by atoms with Gasteiger partial charge >= 0.3 is 6.03 Å². The molecule has 3 amide bonds. The third kappa shape index (κ3) is 3.81. The quantitative estimate of drug-likeness (QED) is 0.777. The minimum atomic E-state index is -0.336. The zero-order valence-corrected chi connectivity index (χ0v) is 11.6. The molecule has 1 saturated heterocycles. The number of imide groups is 1. The van der Waals surface area contributed by atoms with Crippen molar-refractivity contribution in [1.29, 1.82) is 0 Å². The lowest BCUT2D eigenvalue weighted by Gasteiger charge is -2.26. The Kier molecular flexibility index (Phi) is 5.12. The highest BCUT2D eigenvalue weighted by atomic mass is 16.2. The number of nitrogens with one attached hydrogen (secondary N) is 1. The molecule has 0 saturated carbocycles. The van der Waals surface area contributed by atoms with Crippen LogP contribution in [0.5, 0.6) is 0 Å². The molecule has 1 aromatic rings. The summed E-state index contributed by atoms with van der Waals surface area (Å²) in [6, 6.07) is 7.63. The molecule has 0 spiro atoms. The molecule has 1 aliphatic rings. The molecule has 5 nitrogen and oxygen atoms in total. The highest BCUT2D eigenvalue weighted by Gasteiger charge is 2.23. The number of amides is 3. The molecule has 0 aromatic heterocycles. The lowest BCUT2D eigenvalue weighted by atomic mass is 10.1. The van der Waals surface area contributed by atoms with E-state index in [0.29, 0.717) is 13.0 Å². The number of hydrogen-bond donors (Lipinski definition) is 2. The molecule has 0 atom stereocenters. The Hall–Kier alpha value is -1.88. The van der Waals surface area contributed by atoms with E-state index in [-0.39, 0.29) is 11.9 Å². The van der Waals surface area contributed by atoms with E-state index in [2.05, 4.69) is 5.32 Å². The molecule has 3 N–H and O–H groups in total. The van der Waals surface area contributed by atoms with Gasteiger partial charge in [-0.15, -0.1) is 0 Å². The predicted octanol–water partition coefficient (Wildman–Crippen LogP) is 1.80. The van der Waals surface area contributed by atoms with E-state index in [1.54, 1.807) is 4.90 Å². The molecule has 1 aliphatic heterocycles. The van der Waals surface area contributed by atoms with E-state index < -0.39 is 0 Å². The summed E-state index contributed by atoms with van der Waals surface area (Å²) in [6.07, 6.45) is 4.74. The minimum absolute atomic E-state index is 0.206. The summed E-state index contributed by atoms with van der Waals surface area (Å²) in [5, 5.41) is 2.33. The van der Waals surface area contributed by atoms with Crippen LogP contribution in [0.15, 0.2) is 24.3 Å². The summed E-state index contributed by atoms with van der Waals surface area (Å²) in [5.41, 5.74) is 7.56. The van der Waals surface area contributed by atoms with Crippen molar-refractivity contribution in [3.05, 3.63) is 29.8 Å². The maximum Gasteiger partial charge on any atom is 0.328 e. The molecule has 5 heteroatoms. The summed E-state index contributed by atoms with van der Waals surface area (Å²) in [5.74, 6) is -0.206. The molecule has 0 bridgehead atoms. The Labute approximate surface area is 119 Å². The topological polar surface area (TPSA) is 75.4 Å². The first-order valence-electron chi connectivity index (χ1n) is 7.11. The van der Waals surface area contributed by atoms with Crippen LogP contribution in [0, 0.1) is 0 Å². The van der Waals surface area contributed by atoms with Gasteiger partial charge in [0.05, 0.1) is 0 Å². The van der Waals surface area contributed by atoms with Crippen LogP contribution in [0.4, 0.5) is 10.5 Å². The molecule has 2 rings (SSSR count). The SMILES string of the molecule is NCCCCCc1ccc(N2CCC(=O)NC2=O)cc1. The number of rotatable bonds is 6. The van der Waals surface area contributed by atoms with E-state index >= 15 is 0 Å². The van der Waals surface area contributed by atoms with E-state index in [0.717, 1.165) is 37.9 Å². The number of aryl methyl sites for hydroxylation is 1. The van der Waals surface area contributed by atoms with Crippen molar-refractivity contribution < 1.29 is 9.59 Å². The van der Waals surface area contributed by atoms with Crippen LogP contribution < -0.4 is 16.0 Å². The van der Waals surface area contributed by atoms with Gasteiger partial charge in [0.15, 0.2) is 0 Å². The Morgan fingerprint density at radius 3 is 2.50 bits per heavy atom. The first-order chi connectivity index (χ1) is 9.70. The van der Waals surface area contributed by atoms with Crippen molar-refractivity contribution in [2.45, 2.75) is 32.1 Å². The Bertz CT molecular complexity index is 471. The van der Waals surface area contributed by atoms with Crippen molar-refractivity contribution >= 4 is 17.6 Å². The number of nitrogens with zero attached hydrogens (tertiary/aromatic N) is 1. The lowest BCUT2D eigenvalue weighted by Crippen LogP contribution is -2.49. The zero-order valence-electron chi connectivity index (χ0n) is 11.6. The molecule has 0 radical (unpaired) electrons. The number of urea groups is 1. The van der Waals surface area contributed by atoms with E-state index in [4.69, 9.17) is 5.73 Å². The van der Waals surface area contributed by atoms with Crippen LogP contribution in [0.2, 0.25) is 0 Å². The molecule has 108 valence electrons. The number of carbonyl (C=O) groups excluding carboxylic acids is 2. The largest absolute Gasteiger partial charge is 0.330 e. The Balaban J connectivity index is 1.91. The van der Waals surface area contributed by atoms with E-state index in [1.807, 2.05) is 24.3 Å². The average molecular weight is 275 g/mol. The number of unbranched alkanes of at least 4 members (excludes halogenated alkanes) is 2. The van der Waals surface area contributed by atoms with Crippen molar-refractivity contribution in [3.8, 4) is 0 Å². The van der Waals surface area contributed by atoms with Gasteiger partial charge in [0.25, 0.3) is 0 Å². The molecule has 1 aromatic carbocycles. The van der Waals surface area contributed by atoms with E-state index in [1.165, 1.54) is 5.56 Å². The molecule has 0 aliphatic carbocycles. The summed E-state index contributed by atoms with van der Waals surface area (Å²) in [6.45, 7) is 1.20. The molecular formula is C15H21N3O2. The van der Waals surface area contributed by atoms with Crippen molar-refractivity contribution in [2.75, 3.05) is 18.0 Å². The first-order valence-corrected chi connectivity index (χ1v) is 7.11. The first kappa shape index (κ1) is 14.5. The normalized spacial score (nSPS) is 15.3. The monoisotopic (exact) mass is 275 g/mol. The summed E-state index contributed by atoms with van der Waals surface area (Å²) in [4.78, 5) is 24.4. The van der Waals surface area contributed by atoms with Crippen molar-refractivity contribution in [3.63, 3.8) is 0 Å². The van der Waals surface area contributed by atoms with Crippen LogP contribution >= 0.6 is 0 Å². The molecule has 1 fully saturated rings. The van der Waals surface area contributed by atoms with Crippen molar-refractivity contribution in [2.24, 2.45) is 5.73 Å². The zero-order chi connectivity index (χ0) is 14.4. The third-order valence-electron chi connectivity index (χ3n) is 3.47. The standard InChI is InChI=1S/C15H21N3O2/c16-10-3-1-2-4-12-5-7-13(8-6-12)18-11-9-14(19)17-15(18)20/h5-8H,1-4,9-11,16H2,(H,17,19,20). The van der Waals surface area contributed by atoms with Crippen LogP contribution in [0.3, 0.4) is 0 Å². The van der Waals surface area contributed by atoms with Crippen LogP contribution in [-0.4, -0.2) is 25.0 Å². The van der Waals surface area contributed by atoms with Crippen LogP contribution in [0.1, 0.15) is 31.2 Å². The van der Waals surface area contributed by atoms with Gasteiger partial charge in [0.2, 0.25) is 5.91 Å². The molecular weight excluding hydrogens is 254 g/mol. The van der Waals surface area contributed by atoms with E-state index in [9.17, 15) is 9.59 Å². The van der Waals surface area contributed by atoms with Gasteiger partial charge in [-0.3, -0.25) is 15.0 Å². The highest BCUT2D eigenvalue weighted by Crippen LogP contribution is 2.18. The van der Waals surface area contributed by atoms with Gasteiger partial charge in [-0.1, -0.05) is 18.6 Å². The summed E-state index contributed by atoms with van der Waals surface area (Å²) < 4.78 is 0. The fourth-order valence-corrected chi connectivity index (χ4v) is 2.30. The van der Waals surface area contributed by atoms with Gasteiger partial charge in [0.1, 0.15) is 0 Å². The van der Waals surface area contributed by atoms with Gasteiger partial charge in [-0.05, 0) is 43.5 Å². The average Bonchev–Trinajstić information content (AvgIpc) is 2.45. The second-order valence-electron chi connectivity index (χ2n) is 5.02. The van der Waals surface area contributed by atoms with Gasteiger partial charge in [-0.2, -0.15) is 0 Å². The minimum Gasteiger partial charge on any atom is -0.330 e. The second-order valence-corrected chi connectivity index (χ2v) is 5.02. The smallest absolute Gasteiger partial charge is 0.328 e. The number of benzene rings is 1. The number of nitrogens with two attached hydrogens (primary N) is 1. The molecule has 20 heavy (non-hydrogen) atoms. The van der Waals surface area contributed by atoms with Crippen LogP contribution in [0.25, 0.3) is 0 Å². The summed E-state index contributed by atoms with van der Waals surface area (Å²) >= 11 is 0. The second kappa shape index (κ2) is 7.05. The van der Waals surface area contributed by atoms with Gasteiger partial charge in [-0.25, -0.2) is 4.79 Å². The lowest BCUT2D eigenvalue weighted by molar-refractivity contribution is -0.120. The van der Waals surface area contributed by atoms with Crippen molar-refractivity contribution in [1.82, 2.24) is 5.32 Å². The maximum absolute atomic E-state index is 11.7.